The van der Waals surface area contributed by atoms with Crippen molar-refractivity contribution in [2.75, 3.05) is 37.0 Å². The minimum atomic E-state index is 0.669. The Morgan fingerprint density at radius 3 is 2.70 bits per heavy atom. The number of aryl methyl sites for hydroxylation is 2. The molecule has 0 atom stereocenters. The van der Waals surface area contributed by atoms with E-state index >= 15 is 0 Å². The average Bonchev–Trinajstić information content (AvgIpc) is 2.52. The van der Waals surface area contributed by atoms with Gasteiger partial charge in [-0.3, -0.25) is 0 Å². The molecule has 0 aliphatic rings. The quantitative estimate of drug-likeness (QED) is 0.753. The fourth-order valence-electron chi connectivity index (χ4n) is 2.46. The minimum absolute atomic E-state index is 0.669. The molecule has 23 heavy (non-hydrogen) atoms. The van der Waals surface area contributed by atoms with Crippen LogP contribution in [-0.4, -0.2) is 36.8 Å². The van der Waals surface area contributed by atoms with E-state index in [9.17, 15) is 0 Å². The van der Waals surface area contributed by atoms with Crippen LogP contribution in [0.2, 0.25) is 0 Å². The van der Waals surface area contributed by atoms with Crippen LogP contribution in [0.25, 0.3) is 0 Å². The van der Waals surface area contributed by atoms with Crippen LogP contribution >= 0.6 is 0 Å². The Kier molecular flexibility index (Phi) is 6.35. The summed E-state index contributed by atoms with van der Waals surface area (Å²) in [6, 6.07) is 10.5. The maximum Gasteiger partial charge on any atom is 0.224 e. The van der Waals surface area contributed by atoms with Gasteiger partial charge in [-0.25, -0.2) is 4.98 Å². The van der Waals surface area contributed by atoms with Gasteiger partial charge in [0, 0.05) is 44.3 Å². The Morgan fingerprint density at radius 2 is 2.00 bits per heavy atom. The number of benzene rings is 1. The predicted molar refractivity (Wildman–Crippen MR) is 95.6 cm³/mol. The fourth-order valence-corrected chi connectivity index (χ4v) is 2.46. The van der Waals surface area contributed by atoms with Crippen LogP contribution in [0.5, 0.6) is 0 Å². The van der Waals surface area contributed by atoms with E-state index in [1.54, 1.807) is 7.11 Å². The number of aromatic nitrogens is 2. The lowest BCUT2D eigenvalue weighted by Gasteiger charge is -2.23. The lowest BCUT2D eigenvalue weighted by Crippen LogP contribution is -2.19. The summed E-state index contributed by atoms with van der Waals surface area (Å²) in [5, 5.41) is 3.27. The highest BCUT2D eigenvalue weighted by atomic mass is 16.5. The number of ether oxygens (including phenoxy) is 1. The molecular formula is C18H26N4O. The van der Waals surface area contributed by atoms with Gasteiger partial charge in [0.15, 0.2) is 0 Å². The van der Waals surface area contributed by atoms with Gasteiger partial charge in [-0.1, -0.05) is 12.1 Å². The van der Waals surface area contributed by atoms with E-state index in [4.69, 9.17) is 4.74 Å². The van der Waals surface area contributed by atoms with Gasteiger partial charge in [0.05, 0.1) is 0 Å². The van der Waals surface area contributed by atoms with E-state index in [0.717, 1.165) is 43.3 Å². The van der Waals surface area contributed by atoms with Gasteiger partial charge in [-0.05, 0) is 44.9 Å². The Bertz CT molecular complexity index is 630. The predicted octanol–water partition coefficient (Wildman–Crippen LogP) is 3.70. The van der Waals surface area contributed by atoms with E-state index in [2.05, 4.69) is 58.3 Å². The van der Waals surface area contributed by atoms with Crippen molar-refractivity contribution in [3.63, 3.8) is 0 Å². The summed E-state index contributed by atoms with van der Waals surface area (Å²) in [4.78, 5) is 11.3. The summed E-state index contributed by atoms with van der Waals surface area (Å²) in [5.41, 5.74) is 3.34. The molecule has 1 N–H and O–H groups in total. The van der Waals surface area contributed by atoms with E-state index < -0.39 is 0 Å². The highest BCUT2D eigenvalue weighted by Crippen LogP contribution is 2.25. The summed E-state index contributed by atoms with van der Waals surface area (Å²) in [5.74, 6) is 1.59. The van der Waals surface area contributed by atoms with Crippen LogP contribution in [0, 0.1) is 13.8 Å². The van der Waals surface area contributed by atoms with Crippen molar-refractivity contribution in [3.05, 3.63) is 41.6 Å². The van der Waals surface area contributed by atoms with Crippen LogP contribution < -0.4 is 10.2 Å². The zero-order valence-electron chi connectivity index (χ0n) is 14.5. The third-order valence-corrected chi connectivity index (χ3v) is 3.56. The molecule has 0 unspecified atom stereocenters. The first-order valence-electron chi connectivity index (χ1n) is 8.06. The van der Waals surface area contributed by atoms with E-state index in [1.807, 2.05) is 13.0 Å². The van der Waals surface area contributed by atoms with Crippen molar-refractivity contribution >= 4 is 17.5 Å². The van der Waals surface area contributed by atoms with Crippen LogP contribution in [0.3, 0.4) is 0 Å². The molecule has 0 aliphatic heterocycles. The molecule has 1 aromatic carbocycles. The number of methoxy groups -OCH3 is 1. The molecule has 124 valence electrons. The number of nitrogens with zero attached hydrogens (tertiary/aromatic N) is 3. The lowest BCUT2D eigenvalue weighted by molar-refractivity contribution is 0.197. The van der Waals surface area contributed by atoms with Crippen molar-refractivity contribution in [3.8, 4) is 0 Å². The Hall–Kier alpha value is -2.14. The zero-order valence-corrected chi connectivity index (χ0v) is 14.5. The first-order valence-corrected chi connectivity index (χ1v) is 8.06. The molecule has 0 amide bonds. The molecule has 0 fully saturated rings. The van der Waals surface area contributed by atoms with Gasteiger partial charge < -0.3 is 15.0 Å². The van der Waals surface area contributed by atoms with Crippen LogP contribution in [0.4, 0.5) is 17.5 Å². The topological polar surface area (TPSA) is 50.3 Å². The molecule has 5 heteroatoms. The number of rotatable bonds is 8. The van der Waals surface area contributed by atoms with Gasteiger partial charge in [0.25, 0.3) is 0 Å². The lowest BCUT2D eigenvalue weighted by atomic mass is 10.2. The molecule has 1 aromatic heterocycles. The number of anilines is 3. The summed E-state index contributed by atoms with van der Waals surface area (Å²) < 4.78 is 5.06. The minimum Gasteiger partial charge on any atom is -0.385 e. The maximum atomic E-state index is 5.06. The SMILES string of the molecule is CCN(c1cccc(C)c1)c1cc(C)nc(NCCCOC)n1. The molecule has 5 nitrogen and oxygen atoms in total. The van der Waals surface area contributed by atoms with E-state index in [1.165, 1.54) is 5.56 Å². The molecule has 2 rings (SSSR count). The molecule has 0 aliphatic carbocycles. The molecule has 0 saturated heterocycles. The smallest absolute Gasteiger partial charge is 0.224 e. The van der Waals surface area contributed by atoms with Crippen LogP contribution in [0.1, 0.15) is 24.6 Å². The molecule has 0 radical (unpaired) electrons. The van der Waals surface area contributed by atoms with Gasteiger partial charge in [0.1, 0.15) is 5.82 Å². The third kappa shape index (κ3) is 4.93. The first-order chi connectivity index (χ1) is 11.1. The second-order valence-corrected chi connectivity index (χ2v) is 5.55. The Labute approximate surface area is 138 Å². The standard InChI is InChI=1S/C18H26N4O/c1-5-22(16-9-6-8-14(2)12-16)17-13-15(3)20-18(21-17)19-10-7-11-23-4/h6,8-9,12-13H,5,7,10-11H2,1-4H3,(H,19,20,21). The largest absolute Gasteiger partial charge is 0.385 e. The first kappa shape index (κ1) is 17.2. The number of hydrogen-bond acceptors (Lipinski definition) is 5. The molecule has 0 bridgehead atoms. The Balaban J connectivity index is 2.21. The summed E-state index contributed by atoms with van der Waals surface area (Å²) in [6.07, 6.45) is 0.929. The van der Waals surface area contributed by atoms with Crippen molar-refractivity contribution < 1.29 is 4.74 Å². The highest BCUT2D eigenvalue weighted by molar-refractivity contribution is 5.61. The van der Waals surface area contributed by atoms with Gasteiger partial charge in [-0.2, -0.15) is 4.98 Å². The fraction of sp³-hybridized carbons (Fsp3) is 0.444. The second kappa shape index (κ2) is 8.48. The second-order valence-electron chi connectivity index (χ2n) is 5.55. The van der Waals surface area contributed by atoms with Crippen molar-refractivity contribution in [1.82, 2.24) is 9.97 Å². The highest BCUT2D eigenvalue weighted by Gasteiger charge is 2.11. The van der Waals surface area contributed by atoms with Gasteiger partial charge in [-0.15, -0.1) is 0 Å². The molecule has 1 heterocycles. The Morgan fingerprint density at radius 1 is 1.17 bits per heavy atom. The van der Waals surface area contributed by atoms with Crippen molar-refractivity contribution in [2.45, 2.75) is 27.2 Å². The molecule has 2 aromatic rings. The molecular weight excluding hydrogens is 288 g/mol. The van der Waals surface area contributed by atoms with Crippen molar-refractivity contribution in [1.29, 1.82) is 0 Å². The molecule has 0 spiro atoms. The van der Waals surface area contributed by atoms with Crippen LogP contribution in [0.15, 0.2) is 30.3 Å². The zero-order chi connectivity index (χ0) is 16.7. The van der Waals surface area contributed by atoms with Crippen LogP contribution in [-0.2, 0) is 4.74 Å². The monoisotopic (exact) mass is 314 g/mol. The van der Waals surface area contributed by atoms with Gasteiger partial charge >= 0.3 is 0 Å². The number of nitrogens with one attached hydrogen (secondary N) is 1. The summed E-state index contributed by atoms with van der Waals surface area (Å²) in [7, 11) is 1.71. The average molecular weight is 314 g/mol. The van der Waals surface area contributed by atoms with Gasteiger partial charge in [0.2, 0.25) is 5.95 Å². The van der Waals surface area contributed by atoms with E-state index in [-0.39, 0.29) is 0 Å². The third-order valence-electron chi connectivity index (χ3n) is 3.56. The summed E-state index contributed by atoms with van der Waals surface area (Å²) >= 11 is 0. The maximum absolute atomic E-state index is 5.06. The van der Waals surface area contributed by atoms with Crippen molar-refractivity contribution in [2.24, 2.45) is 0 Å². The normalized spacial score (nSPS) is 10.6. The van der Waals surface area contributed by atoms with E-state index in [0.29, 0.717) is 5.95 Å². The molecule has 0 saturated carbocycles. The number of hydrogen-bond donors (Lipinski definition) is 1. The summed E-state index contributed by atoms with van der Waals surface area (Å²) in [6.45, 7) is 8.61.